The summed E-state index contributed by atoms with van der Waals surface area (Å²) in [4.78, 5) is 17.3. The first-order chi connectivity index (χ1) is 9.88. The predicted octanol–water partition coefficient (Wildman–Crippen LogP) is 2.98. The zero-order valence-corrected chi connectivity index (χ0v) is 13.3. The van der Waals surface area contributed by atoms with Crippen LogP contribution in [0.15, 0.2) is 24.4 Å². The summed E-state index contributed by atoms with van der Waals surface area (Å²) in [5, 5.41) is 11.2. The van der Waals surface area contributed by atoms with Crippen LogP contribution in [0.1, 0.15) is 26.3 Å². The molecule has 1 aromatic heterocycles. The third kappa shape index (κ3) is 3.77. The van der Waals surface area contributed by atoms with Crippen LogP contribution in [0, 0.1) is 0 Å². The molecule has 0 bridgehead atoms. The first-order valence-electron chi connectivity index (χ1n) is 7.11. The van der Waals surface area contributed by atoms with Crippen molar-refractivity contribution in [1.82, 2.24) is 9.88 Å². The third-order valence-corrected chi connectivity index (χ3v) is 3.71. The van der Waals surface area contributed by atoms with Crippen LogP contribution in [-0.4, -0.2) is 39.6 Å². The van der Waals surface area contributed by atoms with Gasteiger partial charge in [-0.15, -0.1) is 0 Å². The summed E-state index contributed by atoms with van der Waals surface area (Å²) in [6.45, 7) is 5.95. The number of carbonyl (C=O) groups excluding carboxylic acids is 1. The van der Waals surface area contributed by atoms with Gasteiger partial charge in [-0.25, -0.2) is 0 Å². The van der Waals surface area contributed by atoms with Crippen LogP contribution in [0.2, 0.25) is 5.02 Å². The average molecular weight is 309 g/mol. The number of aliphatic hydroxyl groups is 1. The van der Waals surface area contributed by atoms with Gasteiger partial charge >= 0.3 is 0 Å². The molecule has 1 aromatic carbocycles. The fourth-order valence-electron chi connectivity index (χ4n) is 2.45. The first-order valence-corrected chi connectivity index (χ1v) is 7.49. The lowest BCUT2D eigenvalue weighted by Gasteiger charge is -2.28. The van der Waals surface area contributed by atoms with Crippen LogP contribution in [-0.2, 0) is 11.2 Å². The summed E-state index contributed by atoms with van der Waals surface area (Å²) in [7, 11) is 0. The predicted molar refractivity (Wildman–Crippen MR) is 85.5 cm³/mol. The lowest BCUT2D eigenvalue weighted by molar-refractivity contribution is -0.133. The van der Waals surface area contributed by atoms with E-state index in [9.17, 15) is 9.90 Å². The van der Waals surface area contributed by atoms with Crippen LogP contribution in [0.4, 0.5) is 0 Å². The third-order valence-electron chi connectivity index (χ3n) is 3.48. The highest BCUT2D eigenvalue weighted by Gasteiger charge is 2.20. The van der Waals surface area contributed by atoms with Gasteiger partial charge in [0.05, 0.1) is 12.5 Å². The molecule has 1 amide bonds. The number of aliphatic hydroxyl groups excluding tert-OH is 1. The van der Waals surface area contributed by atoms with E-state index in [0.717, 1.165) is 16.5 Å². The topological polar surface area (TPSA) is 56.3 Å². The minimum atomic E-state index is -0.530. The van der Waals surface area contributed by atoms with E-state index >= 15 is 0 Å². The Morgan fingerprint density at radius 3 is 2.71 bits per heavy atom. The number of carbonyl (C=O) groups is 1. The molecule has 4 nitrogen and oxygen atoms in total. The van der Waals surface area contributed by atoms with Crippen molar-refractivity contribution in [2.24, 2.45) is 0 Å². The number of benzene rings is 1. The van der Waals surface area contributed by atoms with E-state index in [-0.39, 0.29) is 11.9 Å². The van der Waals surface area contributed by atoms with Gasteiger partial charge in [0.15, 0.2) is 0 Å². The molecule has 1 unspecified atom stereocenters. The number of amides is 1. The molecule has 1 atom stereocenters. The van der Waals surface area contributed by atoms with Gasteiger partial charge in [0.2, 0.25) is 5.91 Å². The van der Waals surface area contributed by atoms with E-state index in [4.69, 9.17) is 11.6 Å². The summed E-state index contributed by atoms with van der Waals surface area (Å²) in [5.74, 6) is 0.0155. The van der Waals surface area contributed by atoms with Gasteiger partial charge in [0.1, 0.15) is 0 Å². The number of nitrogens with zero attached hydrogens (tertiary/aromatic N) is 1. The van der Waals surface area contributed by atoms with Gasteiger partial charge in [-0.05, 0) is 38.5 Å². The Bertz CT molecular complexity index is 634. The van der Waals surface area contributed by atoms with Gasteiger partial charge in [-0.1, -0.05) is 17.7 Å². The van der Waals surface area contributed by atoms with E-state index in [0.29, 0.717) is 18.0 Å². The molecule has 2 aromatic rings. The number of aromatic nitrogens is 1. The Morgan fingerprint density at radius 1 is 1.38 bits per heavy atom. The van der Waals surface area contributed by atoms with Crippen molar-refractivity contribution in [3.8, 4) is 0 Å². The van der Waals surface area contributed by atoms with Crippen molar-refractivity contribution in [1.29, 1.82) is 0 Å². The Balaban J connectivity index is 2.20. The van der Waals surface area contributed by atoms with E-state index in [1.54, 1.807) is 11.8 Å². The monoisotopic (exact) mass is 308 g/mol. The minimum Gasteiger partial charge on any atom is -0.392 e. The van der Waals surface area contributed by atoms with Crippen molar-refractivity contribution in [2.45, 2.75) is 39.3 Å². The number of H-pyrrole nitrogens is 1. The molecule has 0 saturated carbocycles. The SMILES string of the molecule is CC(O)CN(C(=O)Cc1c[nH]c2cc(Cl)ccc12)C(C)C. The fraction of sp³-hybridized carbons (Fsp3) is 0.438. The molecule has 0 saturated heterocycles. The molecule has 1 heterocycles. The van der Waals surface area contributed by atoms with Crippen LogP contribution >= 0.6 is 11.6 Å². The van der Waals surface area contributed by atoms with Gasteiger partial charge in [0.25, 0.3) is 0 Å². The number of fused-ring (bicyclic) bond motifs is 1. The highest BCUT2D eigenvalue weighted by atomic mass is 35.5. The normalized spacial score (nSPS) is 12.9. The molecule has 0 spiro atoms. The zero-order chi connectivity index (χ0) is 15.6. The second-order valence-corrected chi connectivity index (χ2v) is 6.11. The van der Waals surface area contributed by atoms with Crippen LogP contribution in [0.5, 0.6) is 0 Å². The van der Waals surface area contributed by atoms with Crippen molar-refractivity contribution in [3.05, 3.63) is 35.0 Å². The molecule has 0 aliphatic rings. The zero-order valence-electron chi connectivity index (χ0n) is 12.6. The maximum Gasteiger partial charge on any atom is 0.227 e. The van der Waals surface area contributed by atoms with Crippen LogP contribution < -0.4 is 0 Å². The van der Waals surface area contributed by atoms with E-state index in [2.05, 4.69) is 4.98 Å². The molecule has 2 N–H and O–H groups in total. The number of hydrogen-bond acceptors (Lipinski definition) is 2. The molecule has 0 radical (unpaired) electrons. The quantitative estimate of drug-likeness (QED) is 0.892. The second-order valence-electron chi connectivity index (χ2n) is 5.67. The fourth-order valence-corrected chi connectivity index (χ4v) is 2.63. The summed E-state index contributed by atoms with van der Waals surface area (Å²) in [5.41, 5.74) is 1.87. The maximum atomic E-state index is 12.5. The maximum absolute atomic E-state index is 12.5. The molecule has 0 aliphatic heterocycles. The van der Waals surface area contributed by atoms with Crippen LogP contribution in [0.3, 0.4) is 0 Å². The number of halogens is 1. The molecular weight excluding hydrogens is 288 g/mol. The highest BCUT2D eigenvalue weighted by Crippen LogP contribution is 2.23. The van der Waals surface area contributed by atoms with Crippen molar-refractivity contribution < 1.29 is 9.90 Å². The Morgan fingerprint density at radius 2 is 2.10 bits per heavy atom. The van der Waals surface area contributed by atoms with E-state index in [1.807, 2.05) is 38.2 Å². The molecule has 21 heavy (non-hydrogen) atoms. The summed E-state index contributed by atoms with van der Waals surface area (Å²) < 4.78 is 0. The lowest BCUT2D eigenvalue weighted by atomic mass is 10.1. The van der Waals surface area contributed by atoms with Gasteiger partial charge in [0, 0.05) is 34.7 Å². The molecule has 0 fully saturated rings. The number of rotatable bonds is 5. The number of aromatic amines is 1. The number of hydrogen-bond donors (Lipinski definition) is 2. The second kappa shape index (κ2) is 6.50. The molecule has 114 valence electrons. The molecular formula is C16H21ClN2O2. The smallest absolute Gasteiger partial charge is 0.227 e. The molecule has 2 rings (SSSR count). The van der Waals surface area contributed by atoms with E-state index in [1.165, 1.54) is 0 Å². The number of nitrogens with one attached hydrogen (secondary N) is 1. The van der Waals surface area contributed by atoms with Crippen molar-refractivity contribution in [3.63, 3.8) is 0 Å². The Hall–Kier alpha value is -1.52. The lowest BCUT2D eigenvalue weighted by Crippen LogP contribution is -2.42. The minimum absolute atomic E-state index is 0.0155. The summed E-state index contributed by atoms with van der Waals surface area (Å²) >= 11 is 5.96. The standard InChI is InChI=1S/C16H21ClN2O2/c1-10(2)19(9-11(3)20)16(21)6-12-8-18-15-7-13(17)4-5-14(12)15/h4-5,7-8,10-11,18,20H,6,9H2,1-3H3. The largest absolute Gasteiger partial charge is 0.392 e. The molecule has 0 aliphatic carbocycles. The van der Waals surface area contributed by atoms with Gasteiger partial charge < -0.3 is 15.0 Å². The first kappa shape index (κ1) is 15.9. The van der Waals surface area contributed by atoms with Gasteiger partial charge in [-0.2, -0.15) is 0 Å². The van der Waals surface area contributed by atoms with Gasteiger partial charge in [-0.3, -0.25) is 4.79 Å². The van der Waals surface area contributed by atoms with Crippen molar-refractivity contribution in [2.75, 3.05) is 6.54 Å². The van der Waals surface area contributed by atoms with E-state index < -0.39 is 6.10 Å². The van der Waals surface area contributed by atoms with Crippen LogP contribution in [0.25, 0.3) is 10.9 Å². The summed E-state index contributed by atoms with van der Waals surface area (Å²) in [6, 6.07) is 5.65. The Kier molecular flexibility index (Phi) is 4.91. The van der Waals surface area contributed by atoms with Crippen molar-refractivity contribution >= 4 is 28.4 Å². The summed E-state index contributed by atoms with van der Waals surface area (Å²) in [6.07, 6.45) is 1.63. The Labute approximate surface area is 129 Å². The average Bonchev–Trinajstić information content (AvgIpc) is 2.77. The highest BCUT2D eigenvalue weighted by molar-refractivity contribution is 6.31. The molecule has 5 heteroatoms.